The molecule has 5 amide bonds. The number of likely N-dealkylation sites (tertiary alicyclic amines) is 1. The van der Waals surface area contributed by atoms with E-state index in [1.165, 1.54) is 6.08 Å². The van der Waals surface area contributed by atoms with Crippen LogP contribution in [0.2, 0.25) is 0 Å². The van der Waals surface area contributed by atoms with E-state index >= 15 is 0 Å². The number of urea groups is 1. The first-order valence-corrected chi connectivity index (χ1v) is 22.3. The van der Waals surface area contributed by atoms with Gasteiger partial charge in [-0.1, -0.05) is 91.6 Å². The third-order valence-electron chi connectivity index (χ3n) is 14.4. The number of nitrogens with one attached hydrogen (secondary N) is 4. The molecule has 0 spiro atoms. The van der Waals surface area contributed by atoms with E-state index in [2.05, 4.69) is 41.7 Å². The summed E-state index contributed by atoms with van der Waals surface area (Å²) < 4.78 is 26.4. The van der Waals surface area contributed by atoms with Crippen LogP contribution < -0.4 is 21.3 Å². The quantitative estimate of drug-likeness (QED) is 0.127. The van der Waals surface area contributed by atoms with Crippen molar-refractivity contribution in [3.63, 3.8) is 0 Å². The molecule has 5 fully saturated rings. The molecule has 13 heteroatoms. The lowest BCUT2D eigenvalue weighted by atomic mass is 9.70. The smallest absolute Gasteiger partial charge is 0.315 e. The highest BCUT2D eigenvalue weighted by Gasteiger charge is 2.70. The number of Topliss-reactive ketones (excluding diaryl/α,β-unsaturated/α-hetero) is 1. The second-order valence-electron chi connectivity index (χ2n) is 18.8. The fraction of sp³-hybridized carbons (Fsp3) is 0.829. The molecule has 1 saturated heterocycles. The monoisotopic (exact) mass is 773 g/mol. The van der Waals surface area contributed by atoms with Gasteiger partial charge in [-0.2, -0.15) is 0 Å². The molecule has 0 bridgehead atoms. The minimum absolute atomic E-state index is 0.0696. The van der Waals surface area contributed by atoms with Crippen molar-refractivity contribution in [3.05, 3.63) is 12.7 Å². The van der Waals surface area contributed by atoms with Crippen LogP contribution in [-0.4, -0.2) is 90.1 Å². The van der Waals surface area contributed by atoms with Gasteiger partial charge in [0.25, 0.3) is 5.91 Å². The molecule has 5 atom stereocenters. The van der Waals surface area contributed by atoms with Crippen LogP contribution in [0.25, 0.3) is 0 Å². The zero-order valence-electron chi connectivity index (χ0n) is 33.7. The number of ketones is 1. The van der Waals surface area contributed by atoms with E-state index in [0.29, 0.717) is 45.1 Å². The second-order valence-corrected chi connectivity index (χ2v) is 21.4. The third kappa shape index (κ3) is 8.70. The van der Waals surface area contributed by atoms with Gasteiger partial charge in [0.2, 0.25) is 17.6 Å². The van der Waals surface area contributed by atoms with Crippen LogP contribution in [0.3, 0.4) is 0 Å². The van der Waals surface area contributed by atoms with Gasteiger partial charge >= 0.3 is 6.03 Å². The van der Waals surface area contributed by atoms with Crippen LogP contribution in [0.1, 0.15) is 138 Å². The molecule has 1 heterocycles. The SMILES string of the molecule is C=CCNC(=O)C(=O)C(CC1CCC1)NC(=O)[C@@H]1C2[C@H](CN1C(=O)[C@@H](NC(=O)NC1(CS(=O)(=O)C(C)(C)CC)CCCCC1)C1(C)CCCCC1)C2(C)C. The summed E-state index contributed by atoms with van der Waals surface area (Å²) in [6.45, 7) is 15.6. The van der Waals surface area contributed by atoms with Gasteiger partial charge in [0.1, 0.15) is 12.1 Å². The van der Waals surface area contributed by atoms with Crippen LogP contribution in [0.5, 0.6) is 0 Å². The average Bonchev–Trinajstić information content (AvgIpc) is 3.40. The second kappa shape index (κ2) is 16.3. The van der Waals surface area contributed by atoms with Crippen molar-refractivity contribution >= 4 is 39.4 Å². The molecular formula is C41H67N5O7S. The van der Waals surface area contributed by atoms with Crippen LogP contribution in [0.4, 0.5) is 4.79 Å². The summed E-state index contributed by atoms with van der Waals surface area (Å²) in [7, 11) is -3.58. The molecule has 0 aromatic carbocycles. The maximum atomic E-state index is 15.0. The lowest BCUT2D eigenvalue weighted by Crippen LogP contribution is -2.65. The Balaban J connectivity index is 1.40. The zero-order chi connectivity index (χ0) is 39.7. The molecule has 5 rings (SSSR count). The molecule has 0 aromatic heterocycles. The summed E-state index contributed by atoms with van der Waals surface area (Å²) in [5.74, 6) is -2.26. The van der Waals surface area contributed by atoms with Crippen LogP contribution >= 0.6 is 0 Å². The van der Waals surface area contributed by atoms with Gasteiger partial charge in [0.05, 0.1) is 22.1 Å². The lowest BCUT2D eigenvalue weighted by molar-refractivity contribution is -0.146. The lowest BCUT2D eigenvalue weighted by Gasteiger charge is -2.44. The Morgan fingerprint density at radius 3 is 2.07 bits per heavy atom. The number of hydrogen-bond acceptors (Lipinski definition) is 7. The first-order valence-electron chi connectivity index (χ1n) is 20.7. The highest BCUT2D eigenvalue weighted by Crippen LogP contribution is 2.65. The fourth-order valence-electron chi connectivity index (χ4n) is 9.84. The number of amides is 5. The first-order chi connectivity index (χ1) is 25.3. The summed E-state index contributed by atoms with van der Waals surface area (Å²) in [6, 6.07) is -3.39. The number of carbonyl (C=O) groups excluding carboxylic acids is 5. The summed E-state index contributed by atoms with van der Waals surface area (Å²) in [5, 5.41) is 11.7. The van der Waals surface area contributed by atoms with Gasteiger partial charge in [-0.3, -0.25) is 19.2 Å². The van der Waals surface area contributed by atoms with Crippen molar-refractivity contribution in [2.45, 2.75) is 166 Å². The number of nitrogens with zero attached hydrogens (tertiary/aromatic N) is 1. The predicted molar refractivity (Wildman–Crippen MR) is 209 cm³/mol. The Hall–Kier alpha value is -2.96. The summed E-state index contributed by atoms with van der Waals surface area (Å²) >= 11 is 0. The highest BCUT2D eigenvalue weighted by molar-refractivity contribution is 7.92. The number of fused-ring (bicyclic) bond motifs is 1. The third-order valence-corrected chi connectivity index (χ3v) is 17.3. The van der Waals surface area contributed by atoms with E-state index in [1.54, 1.807) is 18.7 Å². The van der Waals surface area contributed by atoms with Crippen molar-refractivity contribution in [2.75, 3.05) is 18.8 Å². The maximum Gasteiger partial charge on any atom is 0.315 e. The van der Waals surface area contributed by atoms with E-state index in [4.69, 9.17) is 0 Å². The molecule has 1 aliphatic heterocycles. The molecule has 12 nitrogen and oxygen atoms in total. The van der Waals surface area contributed by atoms with Gasteiger partial charge in [0, 0.05) is 13.1 Å². The van der Waals surface area contributed by atoms with Gasteiger partial charge in [-0.15, -0.1) is 6.58 Å². The molecule has 5 aliphatic rings. The molecule has 0 aromatic rings. The van der Waals surface area contributed by atoms with E-state index in [1.807, 2.05) is 13.8 Å². The highest BCUT2D eigenvalue weighted by atomic mass is 32.2. The molecule has 54 heavy (non-hydrogen) atoms. The van der Waals surface area contributed by atoms with E-state index < -0.39 is 67.3 Å². The fourth-order valence-corrected chi connectivity index (χ4v) is 11.8. The van der Waals surface area contributed by atoms with E-state index in [-0.39, 0.29) is 41.4 Å². The number of rotatable bonds is 16. The molecule has 4 saturated carbocycles. The molecular weight excluding hydrogens is 707 g/mol. The number of piperidine rings is 1. The summed E-state index contributed by atoms with van der Waals surface area (Å²) in [4.78, 5) is 71.4. The van der Waals surface area contributed by atoms with Crippen molar-refractivity contribution in [2.24, 2.45) is 28.6 Å². The molecule has 304 valence electrons. The topological polar surface area (TPSA) is 171 Å². The molecule has 4 N–H and O–H groups in total. The van der Waals surface area contributed by atoms with Crippen molar-refractivity contribution in [1.82, 2.24) is 26.2 Å². The normalized spacial score (nSPS) is 26.9. The minimum atomic E-state index is -3.58. The number of sulfone groups is 1. The number of hydrogen-bond donors (Lipinski definition) is 4. The average molecular weight is 774 g/mol. The zero-order valence-corrected chi connectivity index (χ0v) is 34.5. The Kier molecular flexibility index (Phi) is 12.7. The Bertz CT molecular complexity index is 1560. The first kappa shape index (κ1) is 42.2. The summed E-state index contributed by atoms with van der Waals surface area (Å²) in [5.41, 5.74) is -1.73. The van der Waals surface area contributed by atoms with Gasteiger partial charge < -0.3 is 26.2 Å². The Morgan fingerprint density at radius 2 is 1.52 bits per heavy atom. The van der Waals surface area contributed by atoms with Gasteiger partial charge in [-0.25, -0.2) is 13.2 Å². The molecule has 4 aliphatic carbocycles. The maximum absolute atomic E-state index is 15.0. The van der Waals surface area contributed by atoms with Crippen molar-refractivity contribution < 1.29 is 32.4 Å². The predicted octanol–water partition coefficient (Wildman–Crippen LogP) is 4.96. The van der Waals surface area contributed by atoms with Crippen LogP contribution in [-0.2, 0) is 29.0 Å². The Morgan fingerprint density at radius 1 is 0.907 bits per heavy atom. The van der Waals surface area contributed by atoms with Gasteiger partial charge in [-0.05, 0) is 81.0 Å². The minimum Gasteiger partial charge on any atom is -0.346 e. The van der Waals surface area contributed by atoms with Crippen LogP contribution in [0, 0.1) is 28.6 Å². The van der Waals surface area contributed by atoms with Crippen LogP contribution in [0.15, 0.2) is 12.7 Å². The van der Waals surface area contributed by atoms with E-state index in [9.17, 15) is 32.4 Å². The van der Waals surface area contributed by atoms with Crippen molar-refractivity contribution in [1.29, 1.82) is 0 Å². The van der Waals surface area contributed by atoms with E-state index in [0.717, 1.165) is 57.8 Å². The standard InChI is InChI=1S/C41H67N5O7S/c1-8-23-42-35(49)32(47)29(24-27-17-16-18-27)43-34(48)31-30-28(39(30,5)6)25-46(31)36(50)33(40(7)19-12-10-13-20-40)44-37(51)45-41(21-14-11-15-22-41)26-54(52,53)38(3,4)9-2/h8,27-31,33H,1,9-26H2,2-7H3,(H,42,49)(H,43,48)(H2,44,45,51)/t28-,29?,30?,31-,33+/m0/s1. The largest absolute Gasteiger partial charge is 0.346 e. The molecule has 0 radical (unpaired) electrons. The number of carbonyl (C=O) groups is 5. The summed E-state index contributed by atoms with van der Waals surface area (Å²) in [6.07, 6.45) is 13.1. The Labute approximate surface area is 323 Å². The molecule has 2 unspecified atom stereocenters. The van der Waals surface area contributed by atoms with Crippen molar-refractivity contribution in [3.8, 4) is 0 Å². The van der Waals surface area contributed by atoms with Gasteiger partial charge in [0.15, 0.2) is 9.84 Å².